The first-order chi connectivity index (χ1) is 10.8. The van der Waals surface area contributed by atoms with Crippen LogP contribution in [-0.4, -0.2) is 17.4 Å². The molecule has 1 aliphatic rings. The highest BCUT2D eigenvalue weighted by atomic mass is 16.2. The summed E-state index contributed by atoms with van der Waals surface area (Å²) in [5, 5.41) is 0. The number of nitrogens with zero attached hydrogens (tertiary/aromatic N) is 1. The van der Waals surface area contributed by atoms with Crippen LogP contribution >= 0.6 is 0 Å². The summed E-state index contributed by atoms with van der Waals surface area (Å²) in [6, 6.07) is 20.1. The van der Waals surface area contributed by atoms with Crippen LogP contribution in [0.4, 0.5) is 0 Å². The highest BCUT2D eigenvalue weighted by Gasteiger charge is 2.30. The van der Waals surface area contributed by atoms with Crippen molar-refractivity contribution >= 4 is 5.91 Å². The van der Waals surface area contributed by atoms with E-state index in [9.17, 15) is 4.79 Å². The largest absolute Gasteiger partial charge is 0.336 e. The van der Waals surface area contributed by atoms with Gasteiger partial charge in [-0.2, -0.15) is 0 Å². The van der Waals surface area contributed by atoms with Crippen LogP contribution < -0.4 is 5.73 Å². The van der Waals surface area contributed by atoms with Crippen molar-refractivity contribution in [2.75, 3.05) is 6.54 Å². The summed E-state index contributed by atoms with van der Waals surface area (Å²) in [7, 11) is 0. The first-order valence-corrected chi connectivity index (χ1v) is 7.90. The molecule has 3 rings (SSSR count). The summed E-state index contributed by atoms with van der Waals surface area (Å²) >= 11 is 0. The van der Waals surface area contributed by atoms with E-state index in [1.807, 2.05) is 53.4 Å². The minimum atomic E-state index is -0.231. The molecular weight excluding hydrogens is 272 g/mol. The predicted molar refractivity (Wildman–Crippen MR) is 88.1 cm³/mol. The Bertz CT molecular complexity index is 612. The van der Waals surface area contributed by atoms with Crippen LogP contribution in [0.3, 0.4) is 0 Å². The van der Waals surface area contributed by atoms with Crippen LogP contribution in [-0.2, 0) is 4.79 Å². The molecule has 0 radical (unpaired) electrons. The first-order valence-electron chi connectivity index (χ1n) is 7.90. The van der Waals surface area contributed by atoms with Crippen molar-refractivity contribution in [2.45, 2.75) is 31.3 Å². The molecule has 2 unspecified atom stereocenters. The Kier molecular flexibility index (Phi) is 4.54. The minimum absolute atomic E-state index is 0.155. The van der Waals surface area contributed by atoms with Gasteiger partial charge in [-0.3, -0.25) is 4.79 Å². The molecule has 1 fully saturated rings. The summed E-state index contributed by atoms with van der Waals surface area (Å²) < 4.78 is 0. The van der Waals surface area contributed by atoms with E-state index in [0.29, 0.717) is 6.42 Å². The third kappa shape index (κ3) is 3.20. The lowest BCUT2D eigenvalue weighted by molar-refractivity contribution is -0.132. The topological polar surface area (TPSA) is 46.3 Å². The van der Waals surface area contributed by atoms with Gasteiger partial charge in [0.15, 0.2) is 0 Å². The van der Waals surface area contributed by atoms with E-state index in [0.717, 1.165) is 24.9 Å². The van der Waals surface area contributed by atoms with Crippen molar-refractivity contribution in [2.24, 2.45) is 5.73 Å². The molecule has 1 aliphatic heterocycles. The second-order valence-electron chi connectivity index (χ2n) is 5.88. The Labute approximate surface area is 131 Å². The normalized spacial score (nSPS) is 19.1. The van der Waals surface area contributed by atoms with E-state index < -0.39 is 0 Å². The molecule has 3 nitrogen and oxygen atoms in total. The fourth-order valence-electron chi connectivity index (χ4n) is 3.21. The fraction of sp³-hybridized carbons (Fsp3) is 0.316. The monoisotopic (exact) mass is 294 g/mol. The number of rotatable bonds is 4. The second-order valence-corrected chi connectivity index (χ2v) is 5.88. The number of likely N-dealkylation sites (tertiary alicyclic amines) is 1. The molecule has 1 saturated heterocycles. The van der Waals surface area contributed by atoms with Gasteiger partial charge in [-0.05, 0) is 24.0 Å². The molecule has 22 heavy (non-hydrogen) atoms. The van der Waals surface area contributed by atoms with Crippen LogP contribution in [0.1, 0.15) is 42.5 Å². The van der Waals surface area contributed by atoms with Crippen molar-refractivity contribution in [1.82, 2.24) is 4.90 Å². The lowest BCUT2D eigenvalue weighted by Crippen LogP contribution is -2.32. The Morgan fingerprint density at radius 1 is 1.09 bits per heavy atom. The Morgan fingerprint density at radius 3 is 2.41 bits per heavy atom. The SMILES string of the molecule is NC(CC(=O)N1CCCC1c1ccccc1)c1ccccc1. The van der Waals surface area contributed by atoms with Crippen LogP contribution in [0.25, 0.3) is 0 Å². The lowest BCUT2D eigenvalue weighted by Gasteiger charge is -2.26. The molecule has 114 valence electrons. The minimum Gasteiger partial charge on any atom is -0.336 e. The molecule has 3 heteroatoms. The quantitative estimate of drug-likeness (QED) is 0.939. The average molecular weight is 294 g/mol. The molecule has 0 spiro atoms. The summed E-state index contributed by atoms with van der Waals surface area (Å²) in [4.78, 5) is 14.7. The Balaban J connectivity index is 1.69. The highest BCUT2D eigenvalue weighted by molar-refractivity contribution is 5.78. The van der Waals surface area contributed by atoms with Gasteiger partial charge in [0.25, 0.3) is 0 Å². The Hall–Kier alpha value is -2.13. The molecule has 2 atom stereocenters. The van der Waals surface area contributed by atoms with Crippen molar-refractivity contribution in [3.05, 3.63) is 71.8 Å². The van der Waals surface area contributed by atoms with Gasteiger partial charge in [-0.25, -0.2) is 0 Å². The van der Waals surface area contributed by atoms with Gasteiger partial charge in [-0.1, -0.05) is 60.7 Å². The maximum absolute atomic E-state index is 12.7. The predicted octanol–water partition coefficient (Wildman–Crippen LogP) is 3.44. The molecule has 0 aliphatic carbocycles. The number of amides is 1. The smallest absolute Gasteiger partial charge is 0.224 e. The second kappa shape index (κ2) is 6.75. The highest BCUT2D eigenvalue weighted by Crippen LogP contribution is 2.33. The van der Waals surface area contributed by atoms with E-state index in [1.54, 1.807) is 0 Å². The molecule has 2 aromatic rings. The zero-order chi connectivity index (χ0) is 15.4. The van der Waals surface area contributed by atoms with Crippen molar-refractivity contribution in [3.63, 3.8) is 0 Å². The molecule has 2 aromatic carbocycles. The van der Waals surface area contributed by atoms with E-state index in [2.05, 4.69) is 12.1 Å². The summed E-state index contributed by atoms with van der Waals surface area (Å²) in [5.74, 6) is 0.155. The standard InChI is InChI=1S/C19H22N2O/c20-17(15-8-3-1-4-9-15)14-19(22)21-13-7-12-18(21)16-10-5-2-6-11-16/h1-6,8-11,17-18H,7,12-14,20H2. The van der Waals surface area contributed by atoms with Gasteiger partial charge in [0.2, 0.25) is 5.91 Å². The van der Waals surface area contributed by atoms with Crippen LogP contribution in [0.15, 0.2) is 60.7 Å². The zero-order valence-electron chi connectivity index (χ0n) is 12.7. The van der Waals surface area contributed by atoms with Crippen molar-refractivity contribution < 1.29 is 4.79 Å². The number of carbonyl (C=O) groups excluding carboxylic acids is 1. The molecule has 0 aromatic heterocycles. The van der Waals surface area contributed by atoms with Crippen LogP contribution in [0.2, 0.25) is 0 Å². The summed E-state index contributed by atoms with van der Waals surface area (Å²) in [6.45, 7) is 0.833. The molecule has 1 amide bonds. The first kappa shape index (κ1) is 14.8. The van der Waals surface area contributed by atoms with Gasteiger partial charge in [0, 0.05) is 19.0 Å². The molecular formula is C19H22N2O. The summed E-state index contributed by atoms with van der Waals surface area (Å²) in [5.41, 5.74) is 8.44. The molecule has 2 N–H and O–H groups in total. The van der Waals surface area contributed by atoms with Gasteiger partial charge in [-0.15, -0.1) is 0 Å². The summed E-state index contributed by atoms with van der Waals surface area (Å²) in [6.07, 6.45) is 2.47. The van der Waals surface area contributed by atoms with Crippen LogP contribution in [0, 0.1) is 0 Å². The van der Waals surface area contributed by atoms with E-state index in [1.165, 1.54) is 5.56 Å². The number of hydrogen-bond acceptors (Lipinski definition) is 2. The zero-order valence-corrected chi connectivity index (χ0v) is 12.7. The van der Waals surface area contributed by atoms with E-state index in [4.69, 9.17) is 5.73 Å². The van der Waals surface area contributed by atoms with Gasteiger partial charge < -0.3 is 10.6 Å². The van der Waals surface area contributed by atoms with Crippen LogP contribution in [0.5, 0.6) is 0 Å². The number of benzene rings is 2. The van der Waals surface area contributed by atoms with E-state index >= 15 is 0 Å². The van der Waals surface area contributed by atoms with E-state index in [-0.39, 0.29) is 18.0 Å². The van der Waals surface area contributed by atoms with Crippen molar-refractivity contribution in [3.8, 4) is 0 Å². The third-order valence-corrected chi connectivity index (χ3v) is 4.38. The van der Waals surface area contributed by atoms with Crippen molar-refractivity contribution in [1.29, 1.82) is 0 Å². The molecule has 0 bridgehead atoms. The van der Waals surface area contributed by atoms with Gasteiger partial charge in [0.05, 0.1) is 6.04 Å². The third-order valence-electron chi connectivity index (χ3n) is 4.38. The number of hydrogen-bond donors (Lipinski definition) is 1. The Morgan fingerprint density at radius 2 is 1.73 bits per heavy atom. The number of carbonyl (C=O) groups is 1. The molecule has 0 saturated carbocycles. The van der Waals surface area contributed by atoms with Gasteiger partial charge in [0.1, 0.15) is 0 Å². The fourth-order valence-corrected chi connectivity index (χ4v) is 3.21. The molecule has 1 heterocycles. The maximum Gasteiger partial charge on any atom is 0.224 e. The number of nitrogens with two attached hydrogens (primary N) is 1. The lowest BCUT2D eigenvalue weighted by atomic mass is 10.0. The maximum atomic E-state index is 12.7. The van der Waals surface area contributed by atoms with Gasteiger partial charge >= 0.3 is 0 Å². The average Bonchev–Trinajstić information content (AvgIpc) is 3.06.